The number of rotatable bonds is 3. The lowest BCUT2D eigenvalue weighted by Crippen LogP contribution is -1.88. The standard InChI is InChI=1S/C24H16Cl2/c25-23-19(17-9-3-1-4-10-17)13-7-15-21(23)22-16-8-14-20(24(22)26)18-11-5-2-6-12-18/h1-16H. The highest BCUT2D eigenvalue weighted by molar-refractivity contribution is 6.39. The maximum Gasteiger partial charge on any atom is 0.0563 e. The third kappa shape index (κ3) is 3.14. The fraction of sp³-hybridized carbons (Fsp3) is 0. The van der Waals surface area contributed by atoms with Gasteiger partial charge in [-0.15, -0.1) is 0 Å². The summed E-state index contributed by atoms with van der Waals surface area (Å²) in [5, 5.41) is 1.43. The molecular weight excluding hydrogens is 359 g/mol. The van der Waals surface area contributed by atoms with Crippen molar-refractivity contribution in [2.75, 3.05) is 0 Å². The van der Waals surface area contributed by atoms with Crippen molar-refractivity contribution in [1.82, 2.24) is 0 Å². The van der Waals surface area contributed by atoms with Crippen LogP contribution in [0, 0.1) is 0 Å². The van der Waals surface area contributed by atoms with E-state index in [9.17, 15) is 0 Å². The number of hydrogen-bond acceptors (Lipinski definition) is 0. The Bertz CT molecular complexity index is 951. The lowest BCUT2D eigenvalue weighted by Gasteiger charge is -2.14. The first-order chi connectivity index (χ1) is 12.8. The average Bonchev–Trinajstić information content (AvgIpc) is 2.70. The zero-order valence-electron chi connectivity index (χ0n) is 14.0. The molecule has 126 valence electrons. The lowest BCUT2D eigenvalue weighted by molar-refractivity contribution is 1.57. The molecule has 0 aliphatic heterocycles. The molecule has 26 heavy (non-hydrogen) atoms. The normalized spacial score (nSPS) is 10.7. The molecule has 0 spiro atoms. The molecule has 4 aromatic carbocycles. The van der Waals surface area contributed by atoms with Crippen LogP contribution in [0.5, 0.6) is 0 Å². The second kappa shape index (κ2) is 7.37. The van der Waals surface area contributed by atoms with Gasteiger partial charge in [0.05, 0.1) is 10.0 Å². The van der Waals surface area contributed by atoms with Crippen molar-refractivity contribution < 1.29 is 0 Å². The molecule has 0 N–H and O–H groups in total. The molecule has 4 aromatic rings. The molecule has 4 rings (SSSR count). The van der Waals surface area contributed by atoms with E-state index in [1.54, 1.807) is 0 Å². The predicted molar refractivity (Wildman–Crippen MR) is 113 cm³/mol. The van der Waals surface area contributed by atoms with E-state index in [0.717, 1.165) is 33.4 Å². The van der Waals surface area contributed by atoms with Gasteiger partial charge < -0.3 is 0 Å². The van der Waals surface area contributed by atoms with Gasteiger partial charge in [-0.3, -0.25) is 0 Å². The third-order valence-corrected chi connectivity index (χ3v) is 5.27. The Morgan fingerprint density at radius 3 is 1.08 bits per heavy atom. The van der Waals surface area contributed by atoms with Crippen LogP contribution in [0.15, 0.2) is 97.1 Å². The van der Waals surface area contributed by atoms with Gasteiger partial charge in [-0.05, 0) is 11.1 Å². The minimum Gasteiger partial charge on any atom is -0.0830 e. The molecular formula is C24H16Cl2. The maximum absolute atomic E-state index is 6.79. The van der Waals surface area contributed by atoms with E-state index in [4.69, 9.17) is 23.2 Å². The van der Waals surface area contributed by atoms with Crippen LogP contribution < -0.4 is 0 Å². The van der Waals surface area contributed by atoms with E-state index in [-0.39, 0.29) is 0 Å². The first kappa shape index (κ1) is 16.9. The molecule has 0 saturated heterocycles. The highest BCUT2D eigenvalue weighted by Crippen LogP contribution is 2.42. The summed E-state index contributed by atoms with van der Waals surface area (Å²) in [6.45, 7) is 0. The van der Waals surface area contributed by atoms with Crippen LogP contribution in [0.2, 0.25) is 10.0 Å². The van der Waals surface area contributed by atoms with Gasteiger partial charge in [0.25, 0.3) is 0 Å². The quantitative estimate of drug-likeness (QED) is 0.340. The molecule has 0 aliphatic rings. The first-order valence-corrected chi connectivity index (χ1v) is 9.19. The number of halogens is 2. The van der Waals surface area contributed by atoms with E-state index >= 15 is 0 Å². The molecule has 0 fully saturated rings. The Morgan fingerprint density at radius 2 is 0.692 bits per heavy atom. The zero-order valence-corrected chi connectivity index (χ0v) is 15.5. The average molecular weight is 375 g/mol. The van der Waals surface area contributed by atoms with Crippen LogP contribution in [-0.2, 0) is 0 Å². The monoisotopic (exact) mass is 374 g/mol. The van der Waals surface area contributed by atoms with Crippen molar-refractivity contribution in [3.63, 3.8) is 0 Å². The van der Waals surface area contributed by atoms with Crippen LogP contribution >= 0.6 is 23.2 Å². The summed E-state index contributed by atoms with van der Waals surface area (Å²) < 4.78 is 0. The largest absolute Gasteiger partial charge is 0.0830 e. The van der Waals surface area contributed by atoms with Gasteiger partial charge in [0, 0.05) is 22.3 Å². The molecule has 0 aliphatic carbocycles. The summed E-state index contributed by atoms with van der Waals surface area (Å²) >= 11 is 13.6. The molecule has 0 radical (unpaired) electrons. The van der Waals surface area contributed by atoms with Gasteiger partial charge in [-0.2, -0.15) is 0 Å². The van der Waals surface area contributed by atoms with Crippen molar-refractivity contribution in [3.8, 4) is 33.4 Å². The summed E-state index contributed by atoms with van der Waals surface area (Å²) in [6, 6.07) is 32.5. The summed E-state index contributed by atoms with van der Waals surface area (Å²) in [5.41, 5.74) is 6.08. The van der Waals surface area contributed by atoms with Crippen molar-refractivity contribution in [1.29, 1.82) is 0 Å². The third-order valence-electron chi connectivity index (χ3n) is 4.46. The van der Waals surface area contributed by atoms with Gasteiger partial charge in [0.1, 0.15) is 0 Å². The van der Waals surface area contributed by atoms with Crippen molar-refractivity contribution >= 4 is 23.2 Å². The first-order valence-electron chi connectivity index (χ1n) is 8.44. The number of benzene rings is 4. The Hall–Kier alpha value is -2.54. The minimum atomic E-state index is 0.714. The predicted octanol–water partition coefficient (Wildman–Crippen LogP) is 7.99. The Kier molecular flexibility index (Phi) is 4.79. The Balaban J connectivity index is 1.87. The topological polar surface area (TPSA) is 0 Å². The highest BCUT2D eigenvalue weighted by atomic mass is 35.5. The smallest absolute Gasteiger partial charge is 0.0563 e. The van der Waals surface area contributed by atoms with Gasteiger partial charge >= 0.3 is 0 Å². The van der Waals surface area contributed by atoms with E-state index in [1.807, 2.05) is 72.8 Å². The summed E-state index contributed by atoms with van der Waals surface area (Å²) in [6.07, 6.45) is 0. The highest BCUT2D eigenvalue weighted by Gasteiger charge is 2.14. The molecule has 0 atom stereocenters. The van der Waals surface area contributed by atoms with Crippen molar-refractivity contribution in [3.05, 3.63) is 107 Å². The molecule has 0 saturated carbocycles. The van der Waals surface area contributed by atoms with Crippen LogP contribution in [-0.4, -0.2) is 0 Å². The fourth-order valence-corrected chi connectivity index (χ4v) is 3.84. The van der Waals surface area contributed by atoms with Crippen LogP contribution in [0.3, 0.4) is 0 Å². The molecule has 0 aromatic heterocycles. The molecule has 0 bridgehead atoms. The molecule has 2 heteroatoms. The van der Waals surface area contributed by atoms with Crippen molar-refractivity contribution in [2.24, 2.45) is 0 Å². The molecule has 0 nitrogen and oxygen atoms in total. The Labute approximate surface area is 163 Å². The SMILES string of the molecule is Clc1c(-c2ccccc2)cccc1-c1cccc(-c2ccccc2)c1Cl. The van der Waals surface area contributed by atoms with Gasteiger partial charge in [-0.25, -0.2) is 0 Å². The second-order valence-electron chi connectivity index (χ2n) is 6.07. The second-order valence-corrected chi connectivity index (χ2v) is 6.82. The summed E-state index contributed by atoms with van der Waals surface area (Å²) in [4.78, 5) is 0. The van der Waals surface area contributed by atoms with E-state index in [1.165, 1.54) is 0 Å². The van der Waals surface area contributed by atoms with Crippen LogP contribution in [0.25, 0.3) is 33.4 Å². The van der Waals surface area contributed by atoms with Gasteiger partial charge in [-0.1, -0.05) is 120 Å². The van der Waals surface area contributed by atoms with Gasteiger partial charge in [0.2, 0.25) is 0 Å². The number of hydrogen-bond donors (Lipinski definition) is 0. The Morgan fingerprint density at radius 1 is 0.346 bits per heavy atom. The molecule has 0 heterocycles. The fourth-order valence-electron chi connectivity index (χ4n) is 3.16. The van der Waals surface area contributed by atoms with Crippen LogP contribution in [0.1, 0.15) is 0 Å². The van der Waals surface area contributed by atoms with Crippen molar-refractivity contribution in [2.45, 2.75) is 0 Å². The van der Waals surface area contributed by atoms with Crippen LogP contribution in [0.4, 0.5) is 0 Å². The van der Waals surface area contributed by atoms with E-state index in [2.05, 4.69) is 24.3 Å². The van der Waals surface area contributed by atoms with E-state index in [0.29, 0.717) is 10.0 Å². The maximum atomic E-state index is 6.79. The lowest BCUT2D eigenvalue weighted by atomic mass is 9.96. The molecule has 0 amide bonds. The minimum absolute atomic E-state index is 0.714. The van der Waals surface area contributed by atoms with E-state index < -0.39 is 0 Å². The summed E-state index contributed by atoms with van der Waals surface area (Å²) in [7, 11) is 0. The zero-order chi connectivity index (χ0) is 17.9. The summed E-state index contributed by atoms with van der Waals surface area (Å²) in [5.74, 6) is 0. The molecule has 0 unspecified atom stereocenters. The van der Waals surface area contributed by atoms with Gasteiger partial charge in [0.15, 0.2) is 0 Å².